The third-order valence-corrected chi connectivity index (χ3v) is 1.34. The molecule has 0 aromatic heterocycles. The fourth-order valence-corrected chi connectivity index (χ4v) is 0.535. The average molecular weight is 216 g/mol. The molecular formula is C3H2BF3K2O2. The van der Waals surface area contributed by atoms with Crippen molar-refractivity contribution in [2.75, 3.05) is 0 Å². The van der Waals surface area contributed by atoms with Crippen LogP contribution in [0.5, 0.6) is 0 Å². The van der Waals surface area contributed by atoms with E-state index < -0.39 is 25.0 Å². The first-order valence-electron chi connectivity index (χ1n) is 2.28. The molecule has 2 nitrogen and oxygen atoms in total. The van der Waals surface area contributed by atoms with Gasteiger partial charge in [0.05, 0.1) is 0 Å². The molecule has 1 atom stereocenters. The van der Waals surface area contributed by atoms with E-state index in [1.54, 1.807) is 0 Å². The van der Waals surface area contributed by atoms with Crippen LogP contribution < -0.4 is 113 Å². The van der Waals surface area contributed by atoms with E-state index in [4.69, 9.17) is 0 Å². The van der Waals surface area contributed by atoms with Crippen molar-refractivity contribution in [1.82, 2.24) is 0 Å². The normalized spacial score (nSPS) is 31.4. The van der Waals surface area contributed by atoms with Gasteiger partial charge in [-0.15, -0.1) is 0 Å². The van der Waals surface area contributed by atoms with Crippen molar-refractivity contribution >= 4 is 7.12 Å². The van der Waals surface area contributed by atoms with E-state index in [1.165, 1.54) is 0 Å². The second-order valence-corrected chi connectivity index (χ2v) is 2.08. The van der Waals surface area contributed by atoms with Crippen LogP contribution in [-0.4, -0.2) is 18.6 Å². The Bertz CT molecular complexity index is 147. The summed E-state index contributed by atoms with van der Waals surface area (Å²) in [5.41, 5.74) is -3.30. The van der Waals surface area contributed by atoms with Gasteiger partial charge in [0, 0.05) is 6.42 Å². The summed E-state index contributed by atoms with van der Waals surface area (Å²) in [7, 11) is -3.06. The first kappa shape index (κ1) is 16.5. The Hall–Kier alpha value is 3.05. The largest absolute Gasteiger partial charge is 1.00 e. The van der Waals surface area contributed by atoms with Crippen LogP contribution in [-0.2, 0) is 0 Å². The molecule has 11 heavy (non-hydrogen) atoms. The SMILES string of the molecule is [K+].[K+].[O-]B([O-])C1(F)CC1(F)F. The number of alkyl halides is 3. The zero-order chi connectivity index (χ0) is 7.28. The molecule has 0 radical (unpaired) electrons. The van der Waals surface area contributed by atoms with Gasteiger partial charge in [-0.2, -0.15) is 0 Å². The Morgan fingerprint density at radius 2 is 1.36 bits per heavy atom. The van der Waals surface area contributed by atoms with Gasteiger partial charge in [-0.1, -0.05) is 7.12 Å². The summed E-state index contributed by atoms with van der Waals surface area (Å²) in [4.78, 5) is 0. The number of halogens is 3. The molecule has 52 valence electrons. The Kier molecular flexibility index (Phi) is 7.82. The topological polar surface area (TPSA) is 46.1 Å². The maximum atomic E-state index is 12.0. The molecule has 0 spiro atoms. The Labute approximate surface area is 147 Å². The molecule has 0 aromatic rings. The molecule has 0 bridgehead atoms. The first-order valence-corrected chi connectivity index (χ1v) is 2.28. The van der Waals surface area contributed by atoms with Crippen molar-refractivity contribution in [3.8, 4) is 0 Å². The zero-order valence-corrected chi connectivity index (χ0v) is 12.5. The predicted molar refractivity (Wildman–Crippen MR) is 19.2 cm³/mol. The Morgan fingerprint density at radius 1 is 1.09 bits per heavy atom. The number of hydrogen-bond donors (Lipinski definition) is 0. The summed E-state index contributed by atoms with van der Waals surface area (Å²) in [5.74, 6) is -3.67. The smallest absolute Gasteiger partial charge is 0.891 e. The van der Waals surface area contributed by atoms with E-state index in [9.17, 15) is 23.2 Å². The Balaban J connectivity index is 0. The number of rotatable bonds is 1. The quantitative estimate of drug-likeness (QED) is 0.409. The molecule has 8 heteroatoms. The summed E-state index contributed by atoms with van der Waals surface area (Å²) in [6, 6.07) is 0. The maximum absolute atomic E-state index is 12.0. The molecule has 1 aliphatic rings. The third-order valence-electron chi connectivity index (χ3n) is 1.34. The zero-order valence-electron chi connectivity index (χ0n) is 6.23. The van der Waals surface area contributed by atoms with Gasteiger partial charge in [0.2, 0.25) is 0 Å². The molecule has 0 N–H and O–H groups in total. The number of hydrogen-bond acceptors (Lipinski definition) is 2. The molecule has 0 aromatic carbocycles. The van der Waals surface area contributed by atoms with E-state index in [0.29, 0.717) is 0 Å². The summed E-state index contributed by atoms with van der Waals surface area (Å²) >= 11 is 0. The summed E-state index contributed by atoms with van der Waals surface area (Å²) in [5, 5.41) is 19.2. The fourth-order valence-electron chi connectivity index (χ4n) is 0.535. The van der Waals surface area contributed by atoms with Gasteiger partial charge in [0.25, 0.3) is 5.92 Å². The molecule has 1 saturated carbocycles. The van der Waals surface area contributed by atoms with Crippen molar-refractivity contribution in [3.63, 3.8) is 0 Å². The monoisotopic (exact) mass is 216 g/mol. The molecule has 0 aliphatic heterocycles. The molecule has 1 rings (SSSR count). The fraction of sp³-hybridized carbons (Fsp3) is 1.00. The van der Waals surface area contributed by atoms with Gasteiger partial charge >= 0.3 is 103 Å². The van der Waals surface area contributed by atoms with Crippen LogP contribution >= 0.6 is 0 Å². The van der Waals surface area contributed by atoms with Gasteiger partial charge in [-0.25, -0.2) is 8.78 Å². The van der Waals surface area contributed by atoms with Crippen molar-refractivity contribution in [1.29, 1.82) is 0 Å². The molecule has 0 saturated heterocycles. The standard InChI is InChI=1S/C3H2BF3O2.2K/c5-2(4(8)9)1-3(2,6)7;;/h1H2;;/q-2;2*+1. The maximum Gasteiger partial charge on any atom is 1.00 e. The van der Waals surface area contributed by atoms with Crippen LogP contribution in [0.1, 0.15) is 6.42 Å². The van der Waals surface area contributed by atoms with Crippen LogP contribution in [0.15, 0.2) is 0 Å². The van der Waals surface area contributed by atoms with Gasteiger partial charge in [-0.3, -0.25) is 4.39 Å². The van der Waals surface area contributed by atoms with Crippen LogP contribution in [0.4, 0.5) is 13.2 Å². The molecule has 1 unspecified atom stereocenters. The minimum absolute atomic E-state index is 0. The van der Waals surface area contributed by atoms with Crippen molar-refractivity contribution in [3.05, 3.63) is 0 Å². The molecule has 0 heterocycles. The van der Waals surface area contributed by atoms with Crippen LogP contribution in [0, 0.1) is 0 Å². The van der Waals surface area contributed by atoms with E-state index in [2.05, 4.69) is 0 Å². The van der Waals surface area contributed by atoms with E-state index in [-0.39, 0.29) is 103 Å². The van der Waals surface area contributed by atoms with Crippen molar-refractivity contribution in [2.45, 2.75) is 17.9 Å². The molecular weight excluding hydrogens is 214 g/mol. The van der Waals surface area contributed by atoms with Gasteiger partial charge in [0.1, 0.15) is 5.57 Å². The van der Waals surface area contributed by atoms with Crippen molar-refractivity contribution < 1.29 is 126 Å². The minimum atomic E-state index is -3.67. The van der Waals surface area contributed by atoms with E-state index >= 15 is 0 Å². The van der Waals surface area contributed by atoms with Crippen molar-refractivity contribution in [2.24, 2.45) is 0 Å². The first-order chi connectivity index (χ1) is 3.90. The molecule has 0 amide bonds. The van der Waals surface area contributed by atoms with Gasteiger partial charge < -0.3 is 10.0 Å². The second kappa shape index (κ2) is 5.22. The van der Waals surface area contributed by atoms with Gasteiger partial charge in [-0.05, 0) is 0 Å². The van der Waals surface area contributed by atoms with Crippen LogP contribution in [0.25, 0.3) is 0 Å². The minimum Gasteiger partial charge on any atom is -0.891 e. The molecule has 1 aliphatic carbocycles. The summed E-state index contributed by atoms with van der Waals surface area (Å²) in [6.07, 6.45) is -1.21. The van der Waals surface area contributed by atoms with E-state index in [1.807, 2.05) is 0 Å². The second-order valence-electron chi connectivity index (χ2n) is 2.08. The summed E-state index contributed by atoms with van der Waals surface area (Å²) < 4.78 is 35.3. The third kappa shape index (κ3) is 3.28. The van der Waals surface area contributed by atoms with Crippen LogP contribution in [0.3, 0.4) is 0 Å². The summed E-state index contributed by atoms with van der Waals surface area (Å²) in [6.45, 7) is 0. The van der Waals surface area contributed by atoms with Crippen LogP contribution in [0.2, 0.25) is 0 Å². The predicted octanol–water partition coefficient (Wildman–Crippen LogP) is -7.51. The molecule has 1 fully saturated rings. The Morgan fingerprint density at radius 3 is 1.36 bits per heavy atom. The van der Waals surface area contributed by atoms with E-state index in [0.717, 1.165) is 0 Å². The average Bonchev–Trinajstić information content (AvgIpc) is 2.08. The van der Waals surface area contributed by atoms with Gasteiger partial charge in [0.15, 0.2) is 0 Å².